The van der Waals surface area contributed by atoms with Crippen LogP contribution in [-0.2, 0) is 6.54 Å². The average molecular weight is 272 g/mol. The Hall–Kier alpha value is -0.590. The second-order valence-corrected chi connectivity index (χ2v) is 6.13. The van der Waals surface area contributed by atoms with Crippen molar-refractivity contribution in [2.45, 2.75) is 18.7 Å². The smallest absolute Gasteiger partial charge is 0.263 e. The number of rotatable bonds is 3. The maximum atomic E-state index is 12.1. The van der Waals surface area contributed by atoms with Crippen molar-refractivity contribution in [1.82, 2.24) is 9.55 Å². The maximum Gasteiger partial charge on any atom is 0.263 e. The second-order valence-electron chi connectivity index (χ2n) is 3.56. The molecule has 2 heterocycles. The molecule has 0 amide bonds. The van der Waals surface area contributed by atoms with Crippen LogP contribution in [0.3, 0.4) is 0 Å². The van der Waals surface area contributed by atoms with E-state index in [1.54, 1.807) is 16.3 Å². The van der Waals surface area contributed by atoms with Crippen molar-refractivity contribution in [2.75, 3.05) is 6.26 Å². The summed E-state index contributed by atoms with van der Waals surface area (Å²) < 4.78 is 2.16. The molecule has 0 spiro atoms. The molecule has 86 valence electrons. The van der Waals surface area contributed by atoms with Gasteiger partial charge in [0, 0.05) is 11.8 Å². The van der Waals surface area contributed by atoms with Crippen molar-refractivity contribution in [3.8, 4) is 0 Å². The Bertz CT molecular complexity index is 610. The van der Waals surface area contributed by atoms with Gasteiger partial charge in [-0.2, -0.15) is 11.8 Å². The van der Waals surface area contributed by atoms with Crippen molar-refractivity contribution >= 4 is 45.5 Å². The fraction of sp³-hybridized carbons (Fsp3) is 0.400. The molecule has 2 aromatic rings. The fourth-order valence-corrected chi connectivity index (χ4v) is 2.87. The van der Waals surface area contributed by atoms with Crippen LogP contribution in [-0.4, -0.2) is 21.1 Å². The molecule has 0 fully saturated rings. The average Bonchev–Trinajstić information content (AvgIpc) is 2.71. The van der Waals surface area contributed by atoms with Crippen LogP contribution in [0, 0.1) is 4.77 Å². The molecular weight excluding hydrogens is 260 g/mol. The van der Waals surface area contributed by atoms with Crippen LogP contribution in [0.5, 0.6) is 0 Å². The molecule has 2 rings (SSSR count). The number of hydrogen-bond acceptors (Lipinski definition) is 4. The van der Waals surface area contributed by atoms with Gasteiger partial charge < -0.3 is 4.98 Å². The maximum absolute atomic E-state index is 12.1. The summed E-state index contributed by atoms with van der Waals surface area (Å²) in [6, 6.07) is 1.84. The molecule has 1 unspecified atom stereocenters. The molecule has 0 aliphatic rings. The lowest BCUT2D eigenvalue weighted by Gasteiger charge is -2.10. The van der Waals surface area contributed by atoms with Gasteiger partial charge in [0.05, 0.1) is 5.39 Å². The van der Waals surface area contributed by atoms with Crippen molar-refractivity contribution in [2.24, 2.45) is 0 Å². The molecule has 0 aromatic carbocycles. The zero-order chi connectivity index (χ0) is 11.7. The first-order valence-electron chi connectivity index (χ1n) is 4.86. The van der Waals surface area contributed by atoms with Gasteiger partial charge in [0.2, 0.25) is 0 Å². The summed E-state index contributed by atoms with van der Waals surface area (Å²) in [4.78, 5) is 16.1. The molecular formula is C10H12N2OS3. The number of hydrogen-bond donors (Lipinski definition) is 1. The number of nitrogens with zero attached hydrogens (tertiary/aromatic N) is 1. The largest absolute Gasteiger partial charge is 0.323 e. The number of H-pyrrole nitrogens is 1. The van der Waals surface area contributed by atoms with Crippen LogP contribution in [0.4, 0.5) is 0 Å². The third-order valence-electron chi connectivity index (χ3n) is 2.45. The monoisotopic (exact) mass is 272 g/mol. The topological polar surface area (TPSA) is 37.8 Å². The summed E-state index contributed by atoms with van der Waals surface area (Å²) >= 11 is 8.44. The van der Waals surface area contributed by atoms with E-state index >= 15 is 0 Å². The van der Waals surface area contributed by atoms with Crippen molar-refractivity contribution in [3.05, 3.63) is 26.6 Å². The molecule has 1 N–H and O–H groups in total. The third-order valence-corrected chi connectivity index (χ3v) is 4.55. The van der Waals surface area contributed by atoms with E-state index in [-0.39, 0.29) is 5.56 Å². The quantitative estimate of drug-likeness (QED) is 0.873. The molecule has 0 saturated heterocycles. The number of fused-ring (bicyclic) bond motifs is 1. The summed E-state index contributed by atoms with van der Waals surface area (Å²) in [5, 5.41) is 3.01. The van der Waals surface area contributed by atoms with Crippen molar-refractivity contribution < 1.29 is 0 Å². The van der Waals surface area contributed by atoms with Gasteiger partial charge in [0.15, 0.2) is 4.77 Å². The van der Waals surface area contributed by atoms with Gasteiger partial charge >= 0.3 is 0 Å². The Morgan fingerprint density at radius 2 is 2.44 bits per heavy atom. The van der Waals surface area contributed by atoms with Crippen LogP contribution < -0.4 is 5.56 Å². The molecule has 0 aliphatic heterocycles. The molecule has 0 aliphatic carbocycles. The summed E-state index contributed by atoms with van der Waals surface area (Å²) in [6.45, 7) is 2.74. The first kappa shape index (κ1) is 11.9. The van der Waals surface area contributed by atoms with E-state index in [1.165, 1.54) is 11.3 Å². The fourth-order valence-electron chi connectivity index (χ4n) is 1.47. The first-order chi connectivity index (χ1) is 7.63. The zero-order valence-electron chi connectivity index (χ0n) is 9.02. The van der Waals surface area contributed by atoms with Gasteiger partial charge in [-0.25, -0.2) is 0 Å². The highest BCUT2D eigenvalue weighted by Gasteiger charge is 2.08. The van der Waals surface area contributed by atoms with Gasteiger partial charge in [0.25, 0.3) is 5.56 Å². The summed E-state index contributed by atoms with van der Waals surface area (Å²) in [5.41, 5.74) is 0.0147. The minimum atomic E-state index is 0.0147. The molecule has 16 heavy (non-hydrogen) atoms. The highest BCUT2D eigenvalue weighted by atomic mass is 32.2. The number of aromatic amines is 1. The Morgan fingerprint density at radius 1 is 1.69 bits per heavy atom. The molecule has 0 saturated carbocycles. The van der Waals surface area contributed by atoms with E-state index in [9.17, 15) is 4.79 Å². The van der Waals surface area contributed by atoms with E-state index in [0.717, 1.165) is 10.2 Å². The van der Waals surface area contributed by atoms with Crippen LogP contribution in [0.15, 0.2) is 16.2 Å². The highest BCUT2D eigenvalue weighted by molar-refractivity contribution is 7.99. The Labute approximate surface area is 107 Å². The molecule has 2 aromatic heterocycles. The van der Waals surface area contributed by atoms with E-state index in [2.05, 4.69) is 11.9 Å². The van der Waals surface area contributed by atoms with Crippen LogP contribution in [0.2, 0.25) is 0 Å². The van der Waals surface area contributed by atoms with Crippen LogP contribution in [0.1, 0.15) is 6.92 Å². The highest BCUT2D eigenvalue weighted by Crippen LogP contribution is 2.15. The van der Waals surface area contributed by atoms with Gasteiger partial charge in [-0.15, -0.1) is 11.3 Å². The lowest BCUT2D eigenvalue weighted by molar-refractivity contribution is 0.650. The molecule has 0 radical (unpaired) electrons. The lowest BCUT2D eigenvalue weighted by atomic mass is 10.4. The number of thioether (sulfide) groups is 1. The zero-order valence-corrected chi connectivity index (χ0v) is 11.5. The van der Waals surface area contributed by atoms with E-state index in [1.807, 2.05) is 17.7 Å². The van der Waals surface area contributed by atoms with Gasteiger partial charge in [-0.3, -0.25) is 9.36 Å². The van der Waals surface area contributed by atoms with Crippen molar-refractivity contribution in [1.29, 1.82) is 0 Å². The predicted octanol–water partition coefficient (Wildman–Crippen LogP) is 2.87. The molecule has 1 atom stereocenters. The van der Waals surface area contributed by atoms with Crippen LogP contribution in [0.25, 0.3) is 10.2 Å². The Balaban J connectivity index is 2.60. The second kappa shape index (κ2) is 4.73. The van der Waals surface area contributed by atoms with Gasteiger partial charge in [-0.1, -0.05) is 6.92 Å². The Kier molecular flexibility index (Phi) is 3.51. The number of thiophene rings is 1. The molecule has 6 heteroatoms. The first-order valence-corrected chi connectivity index (χ1v) is 7.44. The van der Waals surface area contributed by atoms with E-state index < -0.39 is 0 Å². The van der Waals surface area contributed by atoms with Crippen molar-refractivity contribution in [3.63, 3.8) is 0 Å². The minimum Gasteiger partial charge on any atom is -0.323 e. The predicted molar refractivity (Wildman–Crippen MR) is 74.2 cm³/mol. The summed E-state index contributed by atoms with van der Waals surface area (Å²) in [5.74, 6) is 0. The summed E-state index contributed by atoms with van der Waals surface area (Å²) in [6.07, 6.45) is 2.03. The SMILES string of the molecule is CSC(C)Cn1c(=S)[nH]c2sccc2c1=O. The minimum absolute atomic E-state index is 0.0147. The van der Waals surface area contributed by atoms with Gasteiger partial charge in [-0.05, 0) is 29.9 Å². The molecule has 0 bridgehead atoms. The van der Waals surface area contributed by atoms with E-state index in [4.69, 9.17) is 12.2 Å². The number of nitrogens with one attached hydrogen (secondary N) is 1. The number of aromatic nitrogens is 2. The standard InChI is InChI=1S/C10H12N2OS3/c1-6(15-2)5-12-9(13)7-3-4-16-8(7)11-10(12)14/h3-4,6H,5H2,1-2H3,(H,11,14). The summed E-state index contributed by atoms with van der Waals surface area (Å²) in [7, 11) is 0. The molecule has 3 nitrogen and oxygen atoms in total. The van der Waals surface area contributed by atoms with E-state index in [0.29, 0.717) is 16.6 Å². The van der Waals surface area contributed by atoms with Crippen LogP contribution >= 0.6 is 35.3 Å². The Morgan fingerprint density at radius 3 is 3.12 bits per heavy atom. The normalized spacial score (nSPS) is 13.1. The van der Waals surface area contributed by atoms with Gasteiger partial charge in [0.1, 0.15) is 4.83 Å². The lowest BCUT2D eigenvalue weighted by Crippen LogP contribution is -2.25. The third kappa shape index (κ3) is 2.09.